The van der Waals surface area contributed by atoms with E-state index < -0.39 is 0 Å². The van der Waals surface area contributed by atoms with Crippen LogP contribution in [0.4, 0.5) is 5.69 Å². The second kappa shape index (κ2) is 7.89. The highest BCUT2D eigenvalue weighted by molar-refractivity contribution is 5.79. The summed E-state index contributed by atoms with van der Waals surface area (Å²) < 4.78 is 0. The van der Waals surface area contributed by atoms with E-state index in [4.69, 9.17) is 5.53 Å². The molecule has 0 bridgehead atoms. The van der Waals surface area contributed by atoms with Crippen LogP contribution in [0, 0.1) is 0 Å². The molecule has 2 aliphatic rings. The Balaban J connectivity index is 1.64. The van der Waals surface area contributed by atoms with Crippen LogP contribution >= 0.6 is 0 Å². The van der Waals surface area contributed by atoms with Gasteiger partial charge in [0.1, 0.15) is 0 Å². The maximum absolute atomic E-state index is 12.8. The third-order valence-corrected chi connectivity index (χ3v) is 5.68. The number of carbonyl (C=O) groups excluding carboxylic acids is 1. The van der Waals surface area contributed by atoms with Gasteiger partial charge in [0.25, 0.3) is 0 Å². The Hall–Kier alpha value is -2.04. The fraction of sp³-hybridized carbons (Fsp3) is 0.632. The predicted molar refractivity (Wildman–Crippen MR) is 98.6 cm³/mol. The highest BCUT2D eigenvalue weighted by Gasteiger charge is 2.38. The van der Waals surface area contributed by atoms with Gasteiger partial charge >= 0.3 is 0 Å². The van der Waals surface area contributed by atoms with Gasteiger partial charge in [0.15, 0.2) is 0 Å². The molecule has 0 radical (unpaired) electrons. The van der Waals surface area contributed by atoms with Gasteiger partial charge in [-0.1, -0.05) is 42.2 Å². The van der Waals surface area contributed by atoms with Crippen LogP contribution in [0.2, 0.25) is 0 Å². The summed E-state index contributed by atoms with van der Waals surface area (Å²) in [6.45, 7) is 0. The van der Waals surface area contributed by atoms with Crippen molar-refractivity contribution in [3.8, 4) is 0 Å². The van der Waals surface area contributed by atoms with E-state index in [9.17, 15) is 4.79 Å². The van der Waals surface area contributed by atoms with Gasteiger partial charge in [0.05, 0.1) is 6.42 Å². The number of hydrogen-bond acceptors (Lipinski definition) is 3. The van der Waals surface area contributed by atoms with E-state index in [0.717, 1.165) is 18.0 Å². The molecule has 0 saturated heterocycles. The molecular weight excluding hydrogens is 314 g/mol. The molecule has 6 nitrogen and oxygen atoms in total. The average molecular weight is 341 g/mol. The summed E-state index contributed by atoms with van der Waals surface area (Å²) in [6.07, 6.45) is 7.75. The molecule has 0 N–H and O–H groups in total. The Morgan fingerprint density at radius 1 is 1.12 bits per heavy atom. The summed E-state index contributed by atoms with van der Waals surface area (Å²) >= 11 is 0. The lowest BCUT2D eigenvalue weighted by Crippen LogP contribution is -2.53. The molecule has 2 fully saturated rings. The quantitative estimate of drug-likeness (QED) is 0.445. The fourth-order valence-electron chi connectivity index (χ4n) is 3.99. The molecule has 3 rings (SSSR count). The van der Waals surface area contributed by atoms with Gasteiger partial charge in [0.2, 0.25) is 5.91 Å². The monoisotopic (exact) mass is 341 g/mol. The number of rotatable bonds is 6. The number of azide groups is 1. The standard InChI is InChI=1S/C19H27N5O/c1-23(16-11-12-16)17-5-3-4-6-18(17)24(2)19(25)13-14-7-9-15(10-8-14)21-22-20/h7-10,16-18H,3-6,11-13H2,1-2H3. The zero-order valence-electron chi connectivity index (χ0n) is 15.1. The van der Waals surface area contributed by atoms with E-state index in [-0.39, 0.29) is 5.91 Å². The highest BCUT2D eigenvalue weighted by atomic mass is 16.2. The maximum atomic E-state index is 12.8. The molecule has 1 aromatic carbocycles. The van der Waals surface area contributed by atoms with Gasteiger partial charge in [-0.05, 0) is 43.8 Å². The van der Waals surface area contributed by atoms with Gasteiger partial charge in [-0.3, -0.25) is 9.69 Å². The summed E-state index contributed by atoms with van der Waals surface area (Å²) in [5.74, 6) is 0.164. The molecule has 2 aliphatic carbocycles. The normalized spacial score (nSPS) is 23.2. The van der Waals surface area contributed by atoms with Gasteiger partial charge < -0.3 is 4.90 Å². The molecule has 2 unspecified atom stereocenters. The molecule has 1 amide bonds. The van der Waals surface area contributed by atoms with E-state index in [1.165, 1.54) is 32.1 Å². The number of amides is 1. The molecule has 2 atom stereocenters. The van der Waals surface area contributed by atoms with E-state index in [2.05, 4.69) is 22.0 Å². The molecule has 0 spiro atoms. The fourth-order valence-corrected chi connectivity index (χ4v) is 3.99. The van der Waals surface area contributed by atoms with Crippen molar-refractivity contribution in [2.24, 2.45) is 5.11 Å². The Morgan fingerprint density at radius 3 is 2.36 bits per heavy atom. The number of carbonyl (C=O) groups is 1. The van der Waals surface area contributed by atoms with Crippen molar-refractivity contribution in [1.82, 2.24) is 9.80 Å². The van der Waals surface area contributed by atoms with Gasteiger partial charge in [-0.15, -0.1) is 0 Å². The molecular formula is C19H27N5O. The van der Waals surface area contributed by atoms with Crippen LogP contribution in [0.5, 0.6) is 0 Å². The minimum absolute atomic E-state index is 0.164. The van der Waals surface area contributed by atoms with E-state index in [0.29, 0.717) is 24.2 Å². The lowest BCUT2D eigenvalue weighted by molar-refractivity contribution is -0.133. The van der Waals surface area contributed by atoms with Crippen molar-refractivity contribution >= 4 is 11.6 Å². The van der Waals surface area contributed by atoms with Crippen molar-refractivity contribution in [2.75, 3.05) is 14.1 Å². The molecule has 6 heteroatoms. The first-order valence-corrected chi connectivity index (χ1v) is 9.22. The SMILES string of the molecule is CN(C(=O)Cc1ccc(N=[N+]=[N-])cc1)C1CCCCC1N(C)C1CC1. The average Bonchev–Trinajstić information content (AvgIpc) is 3.47. The zero-order chi connectivity index (χ0) is 17.8. The van der Waals surface area contributed by atoms with E-state index in [1.807, 2.05) is 24.1 Å². The van der Waals surface area contributed by atoms with E-state index >= 15 is 0 Å². The number of hydrogen-bond donors (Lipinski definition) is 0. The minimum Gasteiger partial charge on any atom is -0.341 e. The molecule has 25 heavy (non-hydrogen) atoms. The summed E-state index contributed by atoms with van der Waals surface area (Å²) in [5, 5.41) is 3.57. The number of nitrogens with zero attached hydrogens (tertiary/aromatic N) is 5. The highest BCUT2D eigenvalue weighted by Crippen LogP contribution is 2.34. The van der Waals surface area contributed by atoms with Crippen molar-refractivity contribution in [3.63, 3.8) is 0 Å². The second-order valence-corrected chi connectivity index (χ2v) is 7.35. The maximum Gasteiger partial charge on any atom is 0.227 e. The molecule has 1 aromatic rings. The number of benzene rings is 1. The van der Waals surface area contributed by atoms with Gasteiger partial charge in [0, 0.05) is 35.8 Å². The molecule has 0 aliphatic heterocycles. The van der Waals surface area contributed by atoms with Crippen LogP contribution in [0.3, 0.4) is 0 Å². The summed E-state index contributed by atoms with van der Waals surface area (Å²) in [7, 11) is 4.19. The van der Waals surface area contributed by atoms with Gasteiger partial charge in [-0.25, -0.2) is 0 Å². The topological polar surface area (TPSA) is 72.3 Å². The van der Waals surface area contributed by atoms with Crippen LogP contribution in [0.1, 0.15) is 44.1 Å². The summed E-state index contributed by atoms with van der Waals surface area (Å²) in [4.78, 5) is 20.1. The number of likely N-dealkylation sites (N-methyl/N-ethyl adjacent to an activating group) is 2. The lowest BCUT2D eigenvalue weighted by Gasteiger charge is -2.42. The summed E-state index contributed by atoms with van der Waals surface area (Å²) in [5.41, 5.74) is 9.99. The molecule has 2 saturated carbocycles. The van der Waals surface area contributed by atoms with Crippen LogP contribution in [0.15, 0.2) is 29.4 Å². The third-order valence-electron chi connectivity index (χ3n) is 5.68. The smallest absolute Gasteiger partial charge is 0.227 e. The Bertz CT molecular complexity index is 648. The van der Waals surface area contributed by atoms with Crippen LogP contribution in [0.25, 0.3) is 10.4 Å². The van der Waals surface area contributed by atoms with E-state index in [1.54, 1.807) is 12.1 Å². The Kier molecular flexibility index (Phi) is 5.61. The van der Waals surface area contributed by atoms with Gasteiger partial charge in [-0.2, -0.15) is 0 Å². The second-order valence-electron chi connectivity index (χ2n) is 7.35. The Morgan fingerprint density at radius 2 is 1.76 bits per heavy atom. The zero-order valence-corrected chi connectivity index (χ0v) is 15.1. The summed E-state index contributed by atoms with van der Waals surface area (Å²) in [6, 6.07) is 8.77. The van der Waals surface area contributed by atoms with Crippen molar-refractivity contribution in [2.45, 2.75) is 63.1 Å². The van der Waals surface area contributed by atoms with Crippen LogP contribution in [-0.2, 0) is 11.2 Å². The minimum atomic E-state index is 0.164. The molecule has 0 aromatic heterocycles. The lowest BCUT2D eigenvalue weighted by atomic mass is 9.88. The van der Waals surface area contributed by atoms with Crippen LogP contribution in [-0.4, -0.2) is 47.9 Å². The van der Waals surface area contributed by atoms with Crippen molar-refractivity contribution in [1.29, 1.82) is 0 Å². The first-order valence-electron chi connectivity index (χ1n) is 9.22. The first kappa shape index (κ1) is 17.8. The van der Waals surface area contributed by atoms with Crippen molar-refractivity contribution in [3.05, 3.63) is 40.3 Å². The third kappa shape index (κ3) is 4.33. The first-order chi connectivity index (χ1) is 12.1. The van der Waals surface area contributed by atoms with Crippen LogP contribution < -0.4 is 0 Å². The Labute approximate surface area is 149 Å². The van der Waals surface area contributed by atoms with Crippen molar-refractivity contribution < 1.29 is 4.79 Å². The largest absolute Gasteiger partial charge is 0.341 e. The molecule has 0 heterocycles. The predicted octanol–water partition coefficient (Wildman–Crippen LogP) is 4.03. The molecule has 134 valence electrons.